The molecule has 0 saturated heterocycles. The van der Waals surface area contributed by atoms with Crippen molar-refractivity contribution in [2.24, 2.45) is 0 Å². The second kappa shape index (κ2) is 8.00. The average Bonchev–Trinajstić information content (AvgIpc) is 2.98. The Bertz CT molecular complexity index is 1000. The van der Waals surface area contributed by atoms with Gasteiger partial charge in [0.2, 0.25) is 10.0 Å². The number of hydrogen-bond donors (Lipinski definition) is 1. The summed E-state index contributed by atoms with van der Waals surface area (Å²) < 4.78 is 40.3. The number of hydrogen-bond acceptors (Lipinski definition) is 5. The predicted octanol–water partition coefficient (Wildman–Crippen LogP) is 3.31. The van der Waals surface area contributed by atoms with Gasteiger partial charge in [0.05, 0.1) is 24.2 Å². The number of pyridine rings is 1. The number of aromatic nitrogens is 1. The van der Waals surface area contributed by atoms with Gasteiger partial charge in [-0.05, 0) is 35.4 Å². The highest BCUT2D eigenvalue weighted by Crippen LogP contribution is 2.33. The van der Waals surface area contributed by atoms with Gasteiger partial charge >= 0.3 is 0 Å². The standard InChI is InChI=1S/C21H20N2O4S/c24-28(25,18-7-8-19-20(15-18)27-14-4-13-26-19)23-21(16-5-2-1-3-6-16)17-9-11-22-12-10-17/h1-3,5-12,15,21,23H,4,13-14H2/t21-/m1/s1. The van der Waals surface area contributed by atoms with Crippen molar-refractivity contribution >= 4 is 10.0 Å². The van der Waals surface area contributed by atoms with Gasteiger partial charge in [-0.1, -0.05) is 30.3 Å². The molecule has 1 aliphatic heterocycles. The van der Waals surface area contributed by atoms with Gasteiger partial charge in [0.25, 0.3) is 0 Å². The number of benzene rings is 2. The molecule has 2 heterocycles. The normalized spacial score (nSPS) is 14.9. The van der Waals surface area contributed by atoms with Gasteiger partial charge in [-0.15, -0.1) is 0 Å². The number of ether oxygens (including phenoxy) is 2. The summed E-state index contributed by atoms with van der Waals surface area (Å²) in [5, 5.41) is 0. The van der Waals surface area contributed by atoms with E-state index in [4.69, 9.17) is 9.47 Å². The molecule has 0 radical (unpaired) electrons. The lowest BCUT2D eigenvalue weighted by Crippen LogP contribution is -2.29. The molecule has 144 valence electrons. The Morgan fingerprint density at radius 3 is 2.29 bits per heavy atom. The van der Waals surface area contributed by atoms with E-state index >= 15 is 0 Å². The van der Waals surface area contributed by atoms with Crippen LogP contribution in [0.2, 0.25) is 0 Å². The maximum atomic E-state index is 13.1. The van der Waals surface area contributed by atoms with Gasteiger partial charge in [-0.3, -0.25) is 4.98 Å². The van der Waals surface area contributed by atoms with Crippen molar-refractivity contribution in [2.45, 2.75) is 17.4 Å². The zero-order chi connectivity index (χ0) is 19.4. The van der Waals surface area contributed by atoms with Crippen molar-refractivity contribution in [2.75, 3.05) is 13.2 Å². The molecule has 0 saturated carbocycles. The molecule has 0 aliphatic carbocycles. The SMILES string of the molecule is O=S(=O)(N[C@H](c1ccccc1)c1ccncc1)c1ccc2c(c1)OCCCO2. The minimum atomic E-state index is -3.81. The maximum Gasteiger partial charge on any atom is 0.241 e. The van der Waals surface area contributed by atoms with Gasteiger partial charge in [0.15, 0.2) is 11.5 Å². The van der Waals surface area contributed by atoms with Crippen LogP contribution in [0.25, 0.3) is 0 Å². The number of fused-ring (bicyclic) bond motifs is 1. The molecule has 1 aromatic heterocycles. The molecular weight excluding hydrogens is 376 g/mol. The molecule has 0 spiro atoms. The third-order valence-corrected chi connectivity index (χ3v) is 5.90. The smallest absolute Gasteiger partial charge is 0.241 e. The van der Waals surface area contributed by atoms with E-state index in [0.717, 1.165) is 17.5 Å². The number of rotatable bonds is 5. The van der Waals surface area contributed by atoms with Crippen LogP contribution in [0.1, 0.15) is 23.6 Å². The maximum absolute atomic E-state index is 13.1. The van der Waals surface area contributed by atoms with Gasteiger partial charge < -0.3 is 9.47 Å². The first-order chi connectivity index (χ1) is 13.6. The Morgan fingerprint density at radius 1 is 0.857 bits per heavy atom. The molecule has 4 rings (SSSR count). The Labute approximate surface area is 164 Å². The minimum Gasteiger partial charge on any atom is -0.490 e. The van der Waals surface area contributed by atoms with Gasteiger partial charge in [-0.25, -0.2) is 8.42 Å². The van der Waals surface area contributed by atoms with Crippen LogP contribution in [0.5, 0.6) is 11.5 Å². The molecule has 1 atom stereocenters. The van der Waals surface area contributed by atoms with Gasteiger partial charge in [0, 0.05) is 24.9 Å². The summed E-state index contributed by atoms with van der Waals surface area (Å²) in [6.07, 6.45) is 4.05. The Morgan fingerprint density at radius 2 is 1.54 bits per heavy atom. The average molecular weight is 396 g/mol. The van der Waals surface area contributed by atoms with Gasteiger partial charge in [0.1, 0.15) is 0 Å². The van der Waals surface area contributed by atoms with E-state index in [2.05, 4.69) is 9.71 Å². The summed E-state index contributed by atoms with van der Waals surface area (Å²) in [7, 11) is -3.81. The first kappa shape index (κ1) is 18.5. The van der Waals surface area contributed by atoms with Crippen LogP contribution in [-0.2, 0) is 10.0 Å². The minimum absolute atomic E-state index is 0.131. The van der Waals surface area contributed by atoms with Crippen LogP contribution in [0.15, 0.2) is 78.0 Å². The van der Waals surface area contributed by atoms with Crippen molar-refractivity contribution in [1.82, 2.24) is 9.71 Å². The van der Waals surface area contributed by atoms with Gasteiger partial charge in [-0.2, -0.15) is 4.72 Å². The monoisotopic (exact) mass is 396 g/mol. The zero-order valence-electron chi connectivity index (χ0n) is 15.1. The largest absolute Gasteiger partial charge is 0.490 e. The summed E-state index contributed by atoms with van der Waals surface area (Å²) in [5.41, 5.74) is 1.64. The first-order valence-corrected chi connectivity index (χ1v) is 10.5. The molecule has 0 fully saturated rings. The summed E-state index contributed by atoms with van der Waals surface area (Å²) in [5.74, 6) is 1.01. The molecule has 1 aliphatic rings. The van der Waals surface area contributed by atoms with Crippen molar-refractivity contribution in [1.29, 1.82) is 0 Å². The van der Waals surface area contributed by atoms with Crippen molar-refractivity contribution in [3.63, 3.8) is 0 Å². The van der Waals surface area contributed by atoms with Crippen LogP contribution in [0.3, 0.4) is 0 Å². The topological polar surface area (TPSA) is 77.5 Å². The Balaban J connectivity index is 1.69. The molecular formula is C21H20N2O4S. The molecule has 0 bridgehead atoms. The second-order valence-electron chi connectivity index (χ2n) is 6.40. The third-order valence-electron chi connectivity index (χ3n) is 4.47. The van der Waals surface area contributed by atoms with Crippen molar-refractivity contribution in [3.05, 3.63) is 84.2 Å². The molecule has 28 heavy (non-hydrogen) atoms. The van der Waals surface area contributed by atoms with E-state index in [-0.39, 0.29) is 4.90 Å². The Kier molecular flexibility index (Phi) is 5.27. The van der Waals surface area contributed by atoms with E-state index in [1.165, 1.54) is 12.1 Å². The lowest BCUT2D eigenvalue weighted by atomic mass is 10.0. The summed E-state index contributed by atoms with van der Waals surface area (Å²) >= 11 is 0. The van der Waals surface area contributed by atoms with Crippen LogP contribution in [-0.4, -0.2) is 26.6 Å². The summed E-state index contributed by atoms with van der Waals surface area (Å²) in [6.45, 7) is 1.04. The Hall–Kier alpha value is -2.90. The fourth-order valence-electron chi connectivity index (χ4n) is 3.06. The molecule has 0 amide bonds. The molecule has 6 nitrogen and oxygen atoms in total. The highest BCUT2D eigenvalue weighted by atomic mass is 32.2. The van der Waals surface area contributed by atoms with E-state index in [1.807, 2.05) is 30.3 Å². The highest BCUT2D eigenvalue weighted by molar-refractivity contribution is 7.89. The van der Waals surface area contributed by atoms with Crippen molar-refractivity contribution < 1.29 is 17.9 Å². The lowest BCUT2D eigenvalue weighted by Gasteiger charge is -2.20. The molecule has 7 heteroatoms. The summed E-state index contributed by atoms with van der Waals surface area (Å²) in [6, 6.07) is 17.2. The highest BCUT2D eigenvalue weighted by Gasteiger charge is 2.24. The summed E-state index contributed by atoms with van der Waals surface area (Å²) in [4.78, 5) is 4.16. The fourth-order valence-corrected chi connectivity index (χ4v) is 4.29. The van der Waals surface area contributed by atoms with Crippen LogP contribution < -0.4 is 14.2 Å². The number of nitrogens with zero attached hydrogens (tertiary/aromatic N) is 1. The quantitative estimate of drug-likeness (QED) is 0.716. The predicted molar refractivity (Wildman–Crippen MR) is 105 cm³/mol. The molecule has 0 unspecified atom stereocenters. The van der Waals surface area contributed by atoms with E-state index in [1.54, 1.807) is 30.6 Å². The van der Waals surface area contributed by atoms with Crippen LogP contribution in [0, 0.1) is 0 Å². The zero-order valence-corrected chi connectivity index (χ0v) is 15.9. The van der Waals surface area contributed by atoms with Crippen molar-refractivity contribution in [3.8, 4) is 11.5 Å². The van der Waals surface area contributed by atoms with E-state index < -0.39 is 16.1 Å². The van der Waals surface area contributed by atoms with Crippen LogP contribution in [0.4, 0.5) is 0 Å². The number of nitrogens with one attached hydrogen (secondary N) is 1. The third kappa shape index (κ3) is 4.00. The number of sulfonamides is 1. The van der Waals surface area contributed by atoms with E-state index in [9.17, 15) is 8.42 Å². The second-order valence-corrected chi connectivity index (χ2v) is 8.12. The lowest BCUT2D eigenvalue weighted by molar-refractivity contribution is 0.297. The fraction of sp³-hybridized carbons (Fsp3) is 0.190. The molecule has 2 aromatic carbocycles. The van der Waals surface area contributed by atoms with E-state index in [0.29, 0.717) is 24.7 Å². The first-order valence-electron chi connectivity index (χ1n) is 9.00. The molecule has 1 N–H and O–H groups in total. The van der Waals surface area contributed by atoms with Crippen LogP contribution >= 0.6 is 0 Å². The molecule has 3 aromatic rings.